The Morgan fingerprint density at radius 1 is 1.00 bits per heavy atom. The summed E-state index contributed by atoms with van der Waals surface area (Å²) in [6.07, 6.45) is 0. The average molecular weight is 375 g/mol. The van der Waals surface area contributed by atoms with Gasteiger partial charge in [-0.1, -0.05) is 41.5 Å². The topological polar surface area (TPSA) is 32.3 Å². The highest BCUT2D eigenvalue weighted by Crippen LogP contribution is 2.30. The fourth-order valence-electron chi connectivity index (χ4n) is 2.64. The molecule has 26 heavy (non-hydrogen) atoms. The summed E-state index contributed by atoms with van der Waals surface area (Å²) in [4.78, 5) is 0. The van der Waals surface area contributed by atoms with E-state index in [-0.39, 0.29) is 25.4 Å². The van der Waals surface area contributed by atoms with Gasteiger partial charge in [-0.2, -0.15) is 0 Å². The van der Waals surface area contributed by atoms with Crippen LogP contribution in [-0.2, 0) is 12.0 Å². The molecule has 0 bridgehead atoms. The van der Waals surface area contributed by atoms with Gasteiger partial charge in [0.1, 0.15) is 11.6 Å². The van der Waals surface area contributed by atoms with Crippen LogP contribution in [0.25, 0.3) is 0 Å². The maximum atomic E-state index is 13.8. The maximum absolute atomic E-state index is 13.8. The van der Waals surface area contributed by atoms with Crippen molar-refractivity contribution in [3.8, 4) is 5.75 Å². The van der Waals surface area contributed by atoms with Gasteiger partial charge in [-0.15, -0.1) is 0 Å². The number of aromatic hydroxyl groups is 1. The van der Waals surface area contributed by atoms with Crippen molar-refractivity contribution in [2.75, 3.05) is 0 Å². The maximum Gasteiger partial charge on any atom is 0.126 e. The van der Waals surface area contributed by atoms with Crippen LogP contribution in [0.5, 0.6) is 5.75 Å². The fourth-order valence-corrected chi connectivity index (χ4v) is 3.97. The third-order valence-electron chi connectivity index (χ3n) is 4.31. The number of hydrogen-bond acceptors (Lipinski definition) is 2. The molecule has 1 unspecified atom stereocenters. The van der Waals surface area contributed by atoms with E-state index in [1.165, 1.54) is 11.6 Å². The van der Waals surface area contributed by atoms with Crippen molar-refractivity contribution in [1.82, 2.24) is 5.32 Å². The Bertz CT molecular complexity index is 788. The highest BCUT2D eigenvalue weighted by molar-refractivity contribution is 7.55. The molecule has 2 nitrogen and oxygen atoms in total. The second-order valence-electron chi connectivity index (χ2n) is 8.97. The first-order chi connectivity index (χ1) is 11.9. The predicted molar refractivity (Wildman–Crippen MR) is 112 cm³/mol. The van der Waals surface area contributed by atoms with Crippen LogP contribution in [0, 0.1) is 12.7 Å². The molecule has 2 N–H and O–H groups in total. The molecule has 0 saturated heterocycles. The summed E-state index contributed by atoms with van der Waals surface area (Å²) >= 11 is 0. The zero-order chi connectivity index (χ0) is 19.7. The number of rotatable bonds is 4. The van der Waals surface area contributed by atoms with Crippen LogP contribution < -0.4 is 15.9 Å². The molecular weight excluding hydrogens is 344 g/mol. The van der Waals surface area contributed by atoms with E-state index in [9.17, 15) is 9.50 Å². The normalized spacial score (nSPS) is 12.9. The van der Waals surface area contributed by atoms with Crippen molar-refractivity contribution in [1.29, 1.82) is 0 Å². The lowest BCUT2D eigenvalue weighted by Crippen LogP contribution is -2.36. The van der Waals surface area contributed by atoms with Gasteiger partial charge in [-0.05, 0) is 73.3 Å². The van der Waals surface area contributed by atoms with Crippen LogP contribution in [0.2, 0.25) is 0 Å². The number of nitrogens with one attached hydrogen (secondary N) is 1. The van der Waals surface area contributed by atoms with Gasteiger partial charge in [0.2, 0.25) is 0 Å². The number of hydrogen-bond donors (Lipinski definition) is 2. The molecule has 1 atom stereocenters. The molecule has 0 fully saturated rings. The van der Waals surface area contributed by atoms with Crippen LogP contribution in [0.1, 0.15) is 58.2 Å². The molecule has 0 saturated carbocycles. The van der Waals surface area contributed by atoms with Gasteiger partial charge in [0.05, 0.1) is 0 Å². The van der Waals surface area contributed by atoms with Crippen molar-refractivity contribution in [2.45, 2.75) is 66.0 Å². The van der Waals surface area contributed by atoms with E-state index in [2.05, 4.69) is 59.0 Å². The van der Waals surface area contributed by atoms with Gasteiger partial charge in [-0.25, -0.2) is 4.39 Å². The molecule has 0 amide bonds. The minimum atomic E-state index is -0.229. The van der Waals surface area contributed by atoms with E-state index < -0.39 is 0 Å². The molecule has 2 rings (SSSR count). The molecule has 0 spiro atoms. The SMILES string of the molecule is Cc1cc(C(C)(C)C)cc(Pc2ccc(F)cc2CNC(C)(C)C)c1O. The van der Waals surface area contributed by atoms with Gasteiger partial charge < -0.3 is 10.4 Å². The number of phenols is 1. The Morgan fingerprint density at radius 3 is 2.23 bits per heavy atom. The van der Waals surface area contributed by atoms with Crippen LogP contribution in [0.4, 0.5) is 4.39 Å². The first kappa shape index (κ1) is 20.9. The van der Waals surface area contributed by atoms with Gasteiger partial charge >= 0.3 is 0 Å². The highest BCUT2D eigenvalue weighted by Gasteiger charge is 2.19. The van der Waals surface area contributed by atoms with E-state index in [4.69, 9.17) is 0 Å². The van der Waals surface area contributed by atoms with Crippen LogP contribution in [0.15, 0.2) is 30.3 Å². The van der Waals surface area contributed by atoms with E-state index in [0.29, 0.717) is 12.3 Å². The van der Waals surface area contributed by atoms with E-state index in [0.717, 1.165) is 21.7 Å². The molecule has 0 aliphatic heterocycles. The van der Waals surface area contributed by atoms with Gasteiger partial charge in [0.25, 0.3) is 0 Å². The molecule has 0 aliphatic rings. The second kappa shape index (κ2) is 7.66. The summed E-state index contributed by atoms with van der Waals surface area (Å²) in [7, 11) is 0.279. The molecule has 0 aliphatic carbocycles. The van der Waals surface area contributed by atoms with Crippen LogP contribution in [-0.4, -0.2) is 10.6 Å². The summed E-state index contributed by atoms with van der Waals surface area (Å²) in [6.45, 7) is 15.3. The van der Waals surface area contributed by atoms with Crippen molar-refractivity contribution >= 4 is 19.2 Å². The molecule has 2 aromatic rings. The monoisotopic (exact) mass is 375 g/mol. The average Bonchev–Trinajstić information content (AvgIpc) is 2.49. The summed E-state index contributed by atoms with van der Waals surface area (Å²) in [5.41, 5.74) is 2.99. The molecule has 142 valence electrons. The number of phenolic OH excluding ortho intramolecular Hbond substituents is 1. The molecular formula is C22H31FNOP. The van der Waals surface area contributed by atoms with Crippen molar-refractivity contribution in [3.63, 3.8) is 0 Å². The lowest BCUT2D eigenvalue weighted by Gasteiger charge is -2.23. The Balaban J connectivity index is 2.41. The van der Waals surface area contributed by atoms with Crippen LogP contribution in [0.3, 0.4) is 0 Å². The fraction of sp³-hybridized carbons (Fsp3) is 0.455. The van der Waals surface area contributed by atoms with Crippen molar-refractivity contribution in [2.24, 2.45) is 0 Å². The van der Waals surface area contributed by atoms with E-state index >= 15 is 0 Å². The van der Waals surface area contributed by atoms with E-state index in [1.807, 2.05) is 13.0 Å². The summed E-state index contributed by atoms with van der Waals surface area (Å²) < 4.78 is 13.8. The van der Waals surface area contributed by atoms with Crippen LogP contribution >= 0.6 is 8.58 Å². The lowest BCUT2D eigenvalue weighted by atomic mass is 9.86. The number of halogens is 1. The minimum Gasteiger partial charge on any atom is -0.507 e. The molecule has 0 heterocycles. The first-order valence-corrected chi connectivity index (χ1v) is 10.0. The van der Waals surface area contributed by atoms with Gasteiger partial charge in [-0.3, -0.25) is 0 Å². The van der Waals surface area contributed by atoms with Crippen molar-refractivity contribution < 1.29 is 9.50 Å². The minimum absolute atomic E-state index is 0.0110. The standard InChI is InChI=1S/C22H31FNOP/c1-14-10-16(21(2,3)4)12-19(20(14)25)26-18-9-8-17(23)11-15(18)13-24-22(5,6)7/h8-12,24-26H,13H2,1-7H3. The summed E-state index contributed by atoms with van der Waals surface area (Å²) in [5, 5.41) is 16.0. The smallest absolute Gasteiger partial charge is 0.126 e. The molecule has 2 aromatic carbocycles. The molecule has 4 heteroatoms. The zero-order valence-electron chi connectivity index (χ0n) is 16.9. The Labute approximate surface area is 159 Å². The third-order valence-corrected chi connectivity index (χ3v) is 5.72. The van der Waals surface area contributed by atoms with Crippen molar-refractivity contribution in [3.05, 3.63) is 52.8 Å². The highest BCUT2D eigenvalue weighted by atomic mass is 31.1. The Morgan fingerprint density at radius 2 is 1.65 bits per heavy atom. The van der Waals surface area contributed by atoms with Gasteiger partial charge in [0.15, 0.2) is 0 Å². The number of benzene rings is 2. The Kier molecular flexibility index (Phi) is 6.15. The third kappa shape index (κ3) is 5.53. The molecule has 0 aromatic heterocycles. The first-order valence-electron chi connectivity index (χ1n) is 9.01. The largest absolute Gasteiger partial charge is 0.507 e. The quantitative estimate of drug-likeness (QED) is 0.762. The van der Waals surface area contributed by atoms with Gasteiger partial charge in [0, 0.05) is 17.4 Å². The lowest BCUT2D eigenvalue weighted by molar-refractivity contribution is 0.424. The molecule has 0 radical (unpaired) electrons. The zero-order valence-corrected chi connectivity index (χ0v) is 17.9. The van der Waals surface area contributed by atoms with E-state index in [1.54, 1.807) is 6.07 Å². The summed E-state index contributed by atoms with van der Waals surface area (Å²) in [5.74, 6) is 0.114. The predicted octanol–water partition coefficient (Wildman–Crippen LogP) is 4.65. The Hall–Kier alpha value is -1.44. The number of aryl methyl sites for hydroxylation is 1. The summed E-state index contributed by atoms with van der Waals surface area (Å²) in [6, 6.07) is 9.08. The second-order valence-corrected chi connectivity index (χ2v) is 10.3.